The molecule has 0 spiro atoms. The van der Waals surface area contributed by atoms with E-state index in [1.165, 1.54) is 15.9 Å². The number of carbonyl (C=O) groups excluding carboxylic acids is 1. The molecule has 0 bridgehead atoms. The summed E-state index contributed by atoms with van der Waals surface area (Å²) in [6.45, 7) is 12.0. The normalized spacial score (nSPS) is 14.3. The molecule has 43 heavy (non-hydrogen) atoms. The van der Waals surface area contributed by atoms with E-state index in [9.17, 15) is 9.59 Å². The minimum Gasteiger partial charge on any atom is -0.490 e. The summed E-state index contributed by atoms with van der Waals surface area (Å²) in [4.78, 5) is 32.4. The summed E-state index contributed by atoms with van der Waals surface area (Å²) in [6.07, 6.45) is 3.37. The molecule has 224 valence electrons. The van der Waals surface area contributed by atoms with Crippen LogP contribution in [0.15, 0.2) is 70.1 Å². The summed E-state index contributed by atoms with van der Waals surface area (Å²) in [7, 11) is 0. The molecule has 0 amide bonds. The molecule has 1 atom stereocenters. The number of thiazole rings is 1. The minimum atomic E-state index is -0.814. The van der Waals surface area contributed by atoms with Crippen LogP contribution in [0.2, 0.25) is 0 Å². The van der Waals surface area contributed by atoms with Crippen molar-refractivity contribution in [2.75, 3.05) is 33.0 Å². The van der Waals surface area contributed by atoms with Crippen molar-refractivity contribution in [3.8, 4) is 29.1 Å². The first-order valence-corrected chi connectivity index (χ1v) is 14.6. The average molecular weight is 604 g/mol. The van der Waals surface area contributed by atoms with E-state index >= 15 is 0 Å². The fourth-order valence-electron chi connectivity index (χ4n) is 4.60. The van der Waals surface area contributed by atoms with E-state index in [1.807, 2.05) is 19.9 Å². The Balaban J connectivity index is 1.89. The molecular weight excluding hydrogens is 570 g/mol. The summed E-state index contributed by atoms with van der Waals surface area (Å²) < 4.78 is 30.1. The zero-order valence-corrected chi connectivity index (χ0v) is 25.4. The predicted molar refractivity (Wildman–Crippen MR) is 162 cm³/mol. The van der Waals surface area contributed by atoms with Gasteiger partial charge < -0.3 is 23.7 Å². The number of hydrogen-bond donors (Lipinski definition) is 0. The van der Waals surface area contributed by atoms with E-state index in [4.69, 9.17) is 28.9 Å². The Morgan fingerprint density at radius 1 is 1.02 bits per heavy atom. The number of aromatic nitrogens is 1. The first kappa shape index (κ1) is 31.1. The van der Waals surface area contributed by atoms with Gasteiger partial charge in [-0.1, -0.05) is 36.1 Å². The first-order chi connectivity index (χ1) is 20.9. The molecule has 11 heteroatoms. The van der Waals surface area contributed by atoms with Crippen LogP contribution in [-0.2, 0) is 9.53 Å². The van der Waals surface area contributed by atoms with Crippen molar-refractivity contribution in [2.45, 2.75) is 33.7 Å². The van der Waals surface area contributed by atoms with Gasteiger partial charge in [0.2, 0.25) is 0 Å². The van der Waals surface area contributed by atoms with E-state index in [-0.39, 0.29) is 24.3 Å². The van der Waals surface area contributed by atoms with Crippen LogP contribution in [0.25, 0.3) is 6.08 Å². The number of nitrogens with zero attached hydrogens (tertiary/aromatic N) is 3. The van der Waals surface area contributed by atoms with Crippen LogP contribution in [-0.4, -0.2) is 43.6 Å². The van der Waals surface area contributed by atoms with Gasteiger partial charge in [-0.25, -0.2) is 9.79 Å². The van der Waals surface area contributed by atoms with Crippen molar-refractivity contribution < 1.29 is 28.5 Å². The lowest BCUT2D eigenvalue weighted by atomic mass is 9.95. The van der Waals surface area contributed by atoms with Crippen LogP contribution >= 0.6 is 11.3 Å². The van der Waals surface area contributed by atoms with Crippen LogP contribution < -0.4 is 33.8 Å². The van der Waals surface area contributed by atoms with Gasteiger partial charge in [0.05, 0.1) is 41.7 Å². The van der Waals surface area contributed by atoms with E-state index < -0.39 is 12.0 Å². The van der Waals surface area contributed by atoms with Crippen molar-refractivity contribution in [1.29, 1.82) is 5.26 Å². The highest BCUT2D eigenvalue weighted by molar-refractivity contribution is 7.07. The maximum atomic E-state index is 14.0. The van der Waals surface area contributed by atoms with Gasteiger partial charge in [-0.05, 0) is 69.2 Å². The lowest BCUT2D eigenvalue weighted by molar-refractivity contribution is -0.139. The third-order valence-electron chi connectivity index (χ3n) is 6.31. The van der Waals surface area contributed by atoms with Gasteiger partial charge in [0.15, 0.2) is 34.4 Å². The summed E-state index contributed by atoms with van der Waals surface area (Å²) in [6, 6.07) is 11.7. The topological polar surface area (TPSA) is 121 Å². The summed E-state index contributed by atoms with van der Waals surface area (Å²) >= 11 is 1.21. The number of hydrogen-bond acceptors (Lipinski definition) is 10. The number of carbonyl (C=O) groups is 1. The molecule has 2 heterocycles. The largest absolute Gasteiger partial charge is 0.490 e. The van der Waals surface area contributed by atoms with Gasteiger partial charge in [-0.2, -0.15) is 5.26 Å². The molecule has 0 saturated carbocycles. The standard InChI is InChI=1S/C32H33N3O7S/c1-6-15-41-24-13-11-22(19-26(24)39-8-3)29-28(31(37)40-9-4)20(5)34-32-35(29)30(36)27(43-32)18-21-10-12-23(42-16-14-33)25(17-21)38-7-2/h6,10-13,17-19,29H,1,7-9,15-16H2,2-5H3/b27-18+/t29-/m0/s1. The molecule has 1 aliphatic rings. The molecule has 2 aromatic carbocycles. The van der Waals surface area contributed by atoms with Crippen molar-refractivity contribution in [3.05, 3.63) is 91.1 Å². The Bertz CT molecular complexity index is 1760. The van der Waals surface area contributed by atoms with Crippen LogP contribution in [0.3, 0.4) is 0 Å². The van der Waals surface area contributed by atoms with Crippen molar-refractivity contribution in [3.63, 3.8) is 0 Å². The second kappa shape index (κ2) is 14.4. The fourth-order valence-corrected chi connectivity index (χ4v) is 5.65. The van der Waals surface area contributed by atoms with E-state index in [0.717, 1.165) is 0 Å². The molecule has 0 fully saturated rings. The third-order valence-corrected chi connectivity index (χ3v) is 7.30. The Labute approximate surface area is 253 Å². The monoisotopic (exact) mass is 603 g/mol. The minimum absolute atomic E-state index is 0.119. The van der Waals surface area contributed by atoms with Crippen molar-refractivity contribution in [1.82, 2.24) is 4.57 Å². The van der Waals surface area contributed by atoms with Crippen molar-refractivity contribution >= 4 is 23.4 Å². The molecule has 0 N–H and O–H groups in total. The smallest absolute Gasteiger partial charge is 0.338 e. The Kier molecular flexibility index (Phi) is 10.4. The van der Waals surface area contributed by atoms with Crippen molar-refractivity contribution in [2.24, 2.45) is 4.99 Å². The summed E-state index contributed by atoms with van der Waals surface area (Å²) in [5.74, 6) is 1.33. The summed E-state index contributed by atoms with van der Waals surface area (Å²) in [5.41, 5.74) is 1.73. The maximum absolute atomic E-state index is 14.0. The lowest BCUT2D eigenvalue weighted by Gasteiger charge is -2.25. The van der Waals surface area contributed by atoms with E-state index in [0.29, 0.717) is 69.0 Å². The number of nitriles is 1. The van der Waals surface area contributed by atoms with Gasteiger partial charge in [0.25, 0.3) is 5.56 Å². The molecule has 10 nitrogen and oxygen atoms in total. The Morgan fingerprint density at radius 2 is 1.72 bits per heavy atom. The molecule has 4 rings (SSSR count). The number of allylic oxidation sites excluding steroid dienone is 1. The molecule has 0 radical (unpaired) electrons. The van der Waals surface area contributed by atoms with Gasteiger partial charge in [-0.15, -0.1) is 0 Å². The van der Waals surface area contributed by atoms with Gasteiger partial charge in [-0.3, -0.25) is 9.36 Å². The zero-order valence-electron chi connectivity index (χ0n) is 24.5. The zero-order chi connectivity index (χ0) is 30.9. The predicted octanol–water partition coefficient (Wildman–Crippen LogP) is 4.06. The Morgan fingerprint density at radius 3 is 2.40 bits per heavy atom. The highest BCUT2D eigenvalue weighted by Gasteiger charge is 2.34. The number of esters is 1. The molecule has 0 unspecified atom stereocenters. The van der Waals surface area contributed by atoms with Crippen LogP contribution in [0.4, 0.5) is 0 Å². The lowest BCUT2D eigenvalue weighted by Crippen LogP contribution is -2.40. The van der Waals surface area contributed by atoms with E-state index in [1.54, 1.807) is 62.4 Å². The number of ether oxygens (including phenoxy) is 5. The fraction of sp³-hybridized carbons (Fsp3) is 0.312. The highest BCUT2D eigenvalue weighted by atomic mass is 32.1. The first-order valence-electron chi connectivity index (χ1n) is 13.8. The van der Waals surface area contributed by atoms with Gasteiger partial charge in [0, 0.05) is 0 Å². The van der Waals surface area contributed by atoms with Gasteiger partial charge in [0.1, 0.15) is 12.7 Å². The molecule has 1 aliphatic heterocycles. The Hall–Kier alpha value is -4.82. The maximum Gasteiger partial charge on any atom is 0.338 e. The molecule has 0 saturated heterocycles. The van der Waals surface area contributed by atoms with Crippen LogP contribution in [0.1, 0.15) is 44.9 Å². The second-order valence-corrected chi connectivity index (χ2v) is 10.1. The molecule has 3 aromatic rings. The quantitative estimate of drug-likeness (QED) is 0.212. The highest BCUT2D eigenvalue weighted by Crippen LogP contribution is 2.36. The number of benzene rings is 2. The van der Waals surface area contributed by atoms with E-state index in [2.05, 4.69) is 11.6 Å². The molecule has 0 aliphatic carbocycles. The van der Waals surface area contributed by atoms with Crippen LogP contribution in [0, 0.1) is 11.3 Å². The van der Waals surface area contributed by atoms with Crippen LogP contribution in [0.5, 0.6) is 23.0 Å². The molecular formula is C32H33N3O7S. The second-order valence-electron chi connectivity index (χ2n) is 9.13. The number of fused-ring (bicyclic) bond motifs is 1. The number of rotatable bonds is 13. The third kappa shape index (κ3) is 6.81. The average Bonchev–Trinajstić information content (AvgIpc) is 3.29. The summed E-state index contributed by atoms with van der Waals surface area (Å²) in [5, 5.41) is 8.89. The van der Waals surface area contributed by atoms with Gasteiger partial charge >= 0.3 is 5.97 Å². The molecule has 1 aromatic heterocycles. The SMILES string of the molecule is C=CCOc1ccc([C@H]2C(C(=O)OCC)=C(C)N=c3s/c(=C/c4ccc(OCC#N)c(OCC)c4)c(=O)n32)cc1OCC.